The van der Waals surface area contributed by atoms with Crippen molar-refractivity contribution in [3.8, 4) is 0 Å². The summed E-state index contributed by atoms with van der Waals surface area (Å²) in [6.07, 6.45) is 0. The average molecular weight is 350 g/mol. The first-order valence-corrected chi connectivity index (χ1v) is 7.24. The van der Waals surface area contributed by atoms with E-state index in [2.05, 4.69) is 24.1 Å². The Morgan fingerprint density at radius 1 is 1.18 bits per heavy atom. The Balaban J connectivity index is 0. The van der Waals surface area contributed by atoms with Crippen LogP contribution < -0.4 is 11.1 Å². The van der Waals surface area contributed by atoms with Crippen molar-refractivity contribution in [3.05, 3.63) is 35.9 Å². The normalized spacial score (nSPS) is 12.1. The summed E-state index contributed by atoms with van der Waals surface area (Å²) in [5.74, 6) is 0.0124. The number of benzene rings is 1. The molecule has 0 spiro atoms. The molecule has 0 saturated carbocycles. The number of likely N-dealkylation sites (N-methyl/N-ethyl adjacent to an activating group) is 1. The van der Waals surface area contributed by atoms with Crippen LogP contribution in [-0.4, -0.2) is 36.0 Å². The summed E-state index contributed by atoms with van der Waals surface area (Å²) < 4.78 is 0. The zero-order valence-corrected chi connectivity index (χ0v) is 15.5. The quantitative estimate of drug-likeness (QED) is 0.795. The highest BCUT2D eigenvalue weighted by atomic mass is 35.5. The third-order valence-electron chi connectivity index (χ3n) is 3.26. The number of nitrogens with one attached hydrogen (secondary N) is 1. The summed E-state index contributed by atoms with van der Waals surface area (Å²) in [6, 6.07) is 9.63. The topological polar surface area (TPSA) is 58.4 Å². The van der Waals surface area contributed by atoms with Gasteiger partial charge in [-0.25, -0.2) is 0 Å². The molecule has 6 heteroatoms. The van der Waals surface area contributed by atoms with E-state index in [-0.39, 0.29) is 36.8 Å². The van der Waals surface area contributed by atoms with E-state index in [0.29, 0.717) is 6.54 Å². The number of rotatable bonds is 7. The summed E-state index contributed by atoms with van der Waals surface area (Å²) >= 11 is 0. The smallest absolute Gasteiger partial charge is 0.242 e. The molecule has 0 radical (unpaired) electrons. The summed E-state index contributed by atoms with van der Waals surface area (Å²) in [5, 5.41) is 2.96. The Kier molecular flexibility index (Phi) is 11.6. The van der Waals surface area contributed by atoms with E-state index in [1.165, 1.54) is 0 Å². The van der Waals surface area contributed by atoms with Crippen LogP contribution in [0.3, 0.4) is 0 Å². The fraction of sp³-hybridized carbons (Fsp3) is 0.562. The average Bonchev–Trinajstić information content (AvgIpc) is 2.42. The third-order valence-corrected chi connectivity index (χ3v) is 3.26. The van der Waals surface area contributed by atoms with Gasteiger partial charge in [-0.3, -0.25) is 9.69 Å². The zero-order valence-electron chi connectivity index (χ0n) is 13.8. The fourth-order valence-corrected chi connectivity index (χ4v) is 2.16. The molecule has 0 aliphatic heterocycles. The minimum Gasteiger partial charge on any atom is -0.353 e. The van der Waals surface area contributed by atoms with Gasteiger partial charge in [-0.15, -0.1) is 24.8 Å². The molecule has 1 unspecified atom stereocenters. The van der Waals surface area contributed by atoms with Crippen LogP contribution in [0.25, 0.3) is 0 Å². The minimum atomic E-state index is -0.403. The molecule has 1 atom stereocenters. The number of amides is 1. The second kappa shape index (κ2) is 10.8. The number of nitrogens with two attached hydrogens (primary N) is 1. The van der Waals surface area contributed by atoms with Crippen LogP contribution in [0, 0.1) is 0 Å². The number of nitrogens with zero attached hydrogens (tertiary/aromatic N) is 1. The van der Waals surface area contributed by atoms with Crippen LogP contribution >= 0.6 is 24.8 Å². The van der Waals surface area contributed by atoms with Gasteiger partial charge in [0.2, 0.25) is 5.91 Å². The number of halogens is 2. The largest absolute Gasteiger partial charge is 0.353 e. The number of carbonyl (C=O) groups is 1. The van der Waals surface area contributed by atoms with Crippen LogP contribution in [0.5, 0.6) is 0 Å². The molecule has 128 valence electrons. The monoisotopic (exact) mass is 349 g/mol. The standard InChI is InChI=1S/C16H27N3O.2ClH/c1-5-19(6-2)14(13-10-8-7-9-11-13)15(20)18-12-16(3,4)17;;/h7-11,14H,5-6,12,17H2,1-4H3,(H,18,20);2*1H. The highest BCUT2D eigenvalue weighted by Gasteiger charge is 2.26. The molecule has 22 heavy (non-hydrogen) atoms. The Hall–Kier alpha value is -0.810. The van der Waals surface area contributed by atoms with Gasteiger partial charge in [0.25, 0.3) is 0 Å². The van der Waals surface area contributed by atoms with E-state index >= 15 is 0 Å². The maximum atomic E-state index is 12.5. The number of carbonyl (C=O) groups excluding carboxylic acids is 1. The molecule has 0 saturated heterocycles. The SMILES string of the molecule is CCN(CC)C(C(=O)NCC(C)(C)N)c1ccccc1.Cl.Cl. The van der Waals surface area contributed by atoms with Crippen LogP contribution in [0.4, 0.5) is 0 Å². The van der Waals surface area contributed by atoms with E-state index in [4.69, 9.17) is 5.73 Å². The predicted molar refractivity (Wildman–Crippen MR) is 97.9 cm³/mol. The molecule has 0 aliphatic carbocycles. The highest BCUT2D eigenvalue weighted by Crippen LogP contribution is 2.20. The first-order chi connectivity index (χ1) is 9.39. The molecule has 0 bridgehead atoms. The molecule has 1 rings (SSSR count). The lowest BCUT2D eigenvalue weighted by molar-refractivity contribution is -0.126. The summed E-state index contributed by atoms with van der Waals surface area (Å²) in [4.78, 5) is 14.7. The number of hydrogen-bond donors (Lipinski definition) is 2. The molecule has 3 N–H and O–H groups in total. The van der Waals surface area contributed by atoms with E-state index in [1.807, 2.05) is 44.2 Å². The molecule has 4 nitrogen and oxygen atoms in total. The minimum absolute atomic E-state index is 0. The van der Waals surface area contributed by atoms with Gasteiger partial charge in [0.05, 0.1) is 0 Å². The Morgan fingerprint density at radius 3 is 2.09 bits per heavy atom. The van der Waals surface area contributed by atoms with Crippen LogP contribution in [-0.2, 0) is 4.79 Å². The maximum absolute atomic E-state index is 12.5. The molecule has 1 aromatic carbocycles. The first-order valence-electron chi connectivity index (χ1n) is 7.24. The predicted octanol–water partition coefficient (Wildman–Crippen LogP) is 2.77. The molecule has 0 fully saturated rings. The van der Waals surface area contributed by atoms with Crippen LogP contribution in [0.2, 0.25) is 0 Å². The van der Waals surface area contributed by atoms with Gasteiger partial charge in [0.1, 0.15) is 6.04 Å². The number of hydrogen-bond acceptors (Lipinski definition) is 3. The second-order valence-electron chi connectivity index (χ2n) is 5.74. The second-order valence-corrected chi connectivity index (χ2v) is 5.74. The Labute approximate surface area is 146 Å². The lowest BCUT2D eigenvalue weighted by atomic mass is 10.0. The molecule has 0 aliphatic rings. The van der Waals surface area contributed by atoms with Gasteiger partial charge in [-0.1, -0.05) is 44.2 Å². The lowest BCUT2D eigenvalue weighted by Crippen LogP contribution is -2.48. The molecule has 0 heterocycles. The van der Waals surface area contributed by atoms with Crippen molar-refractivity contribution < 1.29 is 4.79 Å². The van der Waals surface area contributed by atoms with Gasteiger partial charge in [0.15, 0.2) is 0 Å². The van der Waals surface area contributed by atoms with Crippen LogP contribution in [0.15, 0.2) is 30.3 Å². The van der Waals surface area contributed by atoms with Crippen molar-refractivity contribution in [2.75, 3.05) is 19.6 Å². The highest BCUT2D eigenvalue weighted by molar-refractivity contribution is 5.85. The van der Waals surface area contributed by atoms with Gasteiger partial charge >= 0.3 is 0 Å². The van der Waals surface area contributed by atoms with Gasteiger partial charge < -0.3 is 11.1 Å². The summed E-state index contributed by atoms with van der Waals surface area (Å²) in [7, 11) is 0. The van der Waals surface area contributed by atoms with E-state index in [1.54, 1.807) is 0 Å². The molecular formula is C16H29Cl2N3O. The van der Waals surface area contributed by atoms with Crippen molar-refractivity contribution in [1.82, 2.24) is 10.2 Å². The third kappa shape index (κ3) is 7.45. The first kappa shape index (κ1) is 23.5. The van der Waals surface area contributed by atoms with E-state index in [0.717, 1.165) is 18.7 Å². The van der Waals surface area contributed by atoms with Crippen molar-refractivity contribution in [2.45, 2.75) is 39.3 Å². The van der Waals surface area contributed by atoms with Gasteiger partial charge in [-0.05, 0) is 32.5 Å². The van der Waals surface area contributed by atoms with Crippen molar-refractivity contribution in [2.24, 2.45) is 5.73 Å². The molecular weight excluding hydrogens is 321 g/mol. The summed E-state index contributed by atoms with van der Waals surface area (Å²) in [5.41, 5.74) is 6.55. The molecule has 1 aromatic rings. The fourth-order valence-electron chi connectivity index (χ4n) is 2.16. The van der Waals surface area contributed by atoms with Crippen molar-refractivity contribution in [3.63, 3.8) is 0 Å². The van der Waals surface area contributed by atoms with Gasteiger partial charge in [-0.2, -0.15) is 0 Å². The zero-order chi connectivity index (χ0) is 15.2. The van der Waals surface area contributed by atoms with E-state index in [9.17, 15) is 4.79 Å². The molecule has 0 aromatic heterocycles. The lowest BCUT2D eigenvalue weighted by Gasteiger charge is -2.30. The van der Waals surface area contributed by atoms with Crippen LogP contribution in [0.1, 0.15) is 39.3 Å². The Morgan fingerprint density at radius 2 is 1.68 bits per heavy atom. The van der Waals surface area contributed by atoms with Crippen molar-refractivity contribution >= 4 is 30.7 Å². The van der Waals surface area contributed by atoms with Crippen molar-refractivity contribution in [1.29, 1.82) is 0 Å². The summed E-state index contributed by atoms with van der Waals surface area (Å²) in [6.45, 7) is 10.1. The molecule has 1 amide bonds. The van der Waals surface area contributed by atoms with E-state index < -0.39 is 5.54 Å². The maximum Gasteiger partial charge on any atom is 0.242 e. The Bertz CT molecular complexity index is 417. The van der Waals surface area contributed by atoms with Gasteiger partial charge in [0, 0.05) is 12.1 Å².